The van der Waals surface area contributed by atoms with Crippen LogP contribution < -0.4 is 0 Å². The molecule has 1 saturated carbocycles. The summed E-state index contributed by atoms with van der Waals surface area (Å²) in [7, 11) is 0. The zero-order chi connectivity index (χ0) is 16.3. The molecule has 124 valence electrons. The molecule has 0 spiro atoms. The Morgan fingerprint density at radius 2 is 1.65 bits per heavy atom. The molecule has 0 radical (unpaired) electrons. The van der Waals surface area contributed by atoms with Crippen molar-refractivity contribution in [2.45, 2.75) is 71.1 Å². The topological polar surface area (TPSA) is 23.8 Å². The van der Waals surface area contributed by atoms with Gasteiger partial charge in [-0.2, -0.15) is 5.26 Å². The van der Waals surface area contributed by atoms with Gasteiger partial charge in [0.1, 0.15) is 0 Å². The highest BCUT2D eigenvalue weighted by molar-refractivity contribution is 5.22. The molecule has 0 unspecified atom stereocenters. The second kappa shape index (κ2) is 10.3. The van der Waals surface area contributed by atoms with Crippen LogP contribution in [0.4, 0.5) is 0 Å². The van der Waals surface area contributed by atoms with Gasteiger partial charge in [0.15, 0.2) is 0 Å². The van der Waals surface area contributed by atoms with Gasteiger partial charge in [-0.15, -0.1) is 0 Å². The van der Waals surface area contributed by atoms with Gasteiger partial charge in [-0.25, -0.2) is 0 Å². The highest BCUT2D eigenvalue weighted by Gasteiger charge is 2.18. The van der Waals surface area contributed by atoms with Gasteiger partial charge >= 0.3 is 0 Å². The summed E-state index contributed by atoms with van der Waals surface area (Å²) in [4.78, 5) is 0. The van der Waals surface area contributed by atoms with Crippen LogP contribution in [0.5, 0.6) is 0 Å². The van der Waals surface area contributed by atoms with Gasteiger partial charge in [0, 0.05) is 6.08 Å². The highest BCUT2D eigenvalue weighted by Crippen LogP contribution is 2.32. The minimum atomic E-state index is 0.660. The van der Waals surface area contributed by atoms with Gasteiger partial charge in [-0.3, -0.25) is 0 Å². The lowest BCUT2D eigenvalue weighted by Gasteiger charge is -2.26. The van der Waals surface area contributed by atoms with E-state index in [0.29, 0.717) is 5.92 Å². The first-order chi connectivity index (χ1) is 11.3. The van der Waals surface area contributed by atoms with Crippen LogP contribution in [0.2, 0.25) is 0 Å². The molecular weight excluding hydrogens is 278 g/mol. The average molecular weight is 309 g/mol. The summed E-state index contributed by atoms with van der Waals surface area (Å²) < 4.78 is 0. The SMILES string of the molecule is CCCc1ccc(CCCC[C@H]2CC[C@H](C=CC#N)CC2)cc1. The first-order valence-electron chi connectivity index (χ1n) is 9.46. The van der Waals surface area contributed by atoms with Crippen molar-refractivity contribution in [3.05, 3.63) is 47.5 Å². The molecule has 1 heteroatoms. The zero-order valence-electron chi connectivity index (χ0n) is 14.6. The number of hydrogen-bond acceptors (Lipinski definition) is 1. The Bertz CT molecular complexity index is 498. The normalized spacial score (nSPS) is 21.4. The number of aryl methyl sites for hydroxylation is 2. The molecule has 0 saturated heterocycles. The third-order valence-electron chi connectivity index (χ3n) is 5.22. The van der Waals surface area contributed by atoms with Crippen LogP contribution in [0, 0.1) is 23.2 Å². The van der Waals surface area contributed by atoms with Crippen molar-refractivity contribution in [2.75, 3.05) is 0 Å². The van der Waals surface area contributed by atoms with Crippen LogP contribution in [0.1, 0.15) is 69.4 Å². The van der Waals surface area contributed by atoms with E-state index in [2.05, 4.69) is 43.3 Å². The fourth-order valence-corrected chi connectivity index (χ4v) is 3.77. The van der Waals surface area contributed by atoms with E-state index in [1.807, 2.05) is 0 Å². The fourth-order valence-electron chi connectivity index (χ4n) is 3.77. The predicted molar refractivity (Wildman–Crippen MR) is 98.2 cm³/mol. The van der Waals surface area contributed by atoms with Gasteiger partial charge in [0.25, 0.3) is 0 Å². The summed E-state index contributed by atoms with van der Waals surface area (Å²) in [5.74, 6) is 1.58. The smallest absolute Gasteiger partial charge is 0.0908 e. The molecular formula is C22H31N. The molecule has 0 heterocycles. The molecule has 0 aliphatic heterocycles. The molecule has 0 amide bonds. The molecule has 1 aliphatic rings. The van der Waals surface area contributed by atoms with Crippen LogP contribution in [0.3, 0.4) is 0 Å². The molecule has 1 fully saturated rings. The number of benzene rings is 1. The third kappa shape index (κ3) is 6.61. The molecule has 0 bridgehead atoms. The first kappa shape index (κ1) is 17.8. The summed E-state index contributed by atoms with van der Waals surface area (Å²) >= 11 is 0. The lowest BCUT2D eigenvalue weighted by Crippen LogP contribution is -2.13. The molecule has 0 aromatic heterocycles. The van der Waals surface area contributed by atoms with E-state index in [0.717, 1.165) is 5.92 Å². The number of nitrogens with zero attached hydrogens (tertiary/aromatic N) is 1. The quantitative estimate of drug-likeness (QED) is 0.412. The summed E-state index contributed by atoms with van der Waals surface area (Å²) in [6.45, 7) is 2.24. The molecule has 0 atom stereocenters. The van der Waals surface area contributed by atoms with Gasteiger partial charge < -0.3 is 0 Å². The highest BCUT2D eigenvalue weighted by atomic mass is 14.3. The number of nitriles is 1. The van der Waals surface area contributed by atoms with Gasteiger partial charge in [0.05, 0.1) is 6.07 Å². The maximum absolute atomic E-state index is 8.59. The Balaban J connectivity index is 1.59. The van der Waals surface area contributed by atoms with E-state index in [4.69, 9.17) is 5.26 Å². The standard InChI is InChI=1S/C22H31N/c1-2-6-19-10-12-20(13-11-19)7-3-4-8-21-14-16-22(17-15-21)9-5-18-23/h5,9-13,21-22H,2-4,6-8,14-17H2,1H3/t21-,22-. The molecule has 2 rings (SSSR count). The summed E-state index contributed by atoms with van der Waals surface area (Å²) in [5, 5.41) is 8.59. The van der Waals surface area contributed by atoms with E-state index < -0.39 is 0 Å². The van der Waals surface area contributed by atoms with Crippen LogP contribution in [-0.4, -0.2) is 0 Å². The number of hydrogen-bond donors (Lipinski definition) is 0. The molecule has 1 nitrogen and oxygen atoms in total. The fraction of sp³-hybridized carbons (Fsp3) is 0.591. The Morgan fingerprint density at radius 3 is 2.26 bits per heavy atom. The molecule has 23 heavy (non-hydrogen) atoms. The summed E-state index contributed by atoms with van der Waals surface area (Å²) in [6, 6.07) is 11.3. The largest absolute Gasteiger partial charge is 0.193 e. The van der Waals surface area contributed by atoms with E-state index >= 15 is 0 Å². The van der Waals surface area contributed by atoms with Crippen molar-refractivity contribution in [1.29, 1.82) is 5.26 Å². The van der Waals surface area contributed by atoms with Crippen molar-refractivity contribution in [3.8, 4) is 6.07 Å². The second-order valence-corrected chi connectivity index (χ2v) is 7.08. The van der Waals surface area contributed by atoms with Crippen LogP contribution in [-0.2, 0) is 12.8 Å². The minimum absolute atomic E-state index is 0.660. The molecule has 1 aliphatic carbocycles. The third-order valence-corrected chi connectivity index (χ3v) is 5.22. The zero-order valence-corrected chi connectivity index (χ0v) is 14.6. The monoisotopic (exact) mass is 309 g/mol. The number of rotatable bonds is 8. The van der Waals surface area contributed by atoms with Gasteiger partial charge in [0.2, 0.25) is 0 Å². The Morgan fingerprint density at radius 1 is 1.00 bits per heavy atom. The maximum atomic E-state index is 8.59. The van der Waals surface area contributed by atoms with E-state index in [1.54, 1.807) is 6.08 Å². The van der Waals surface area contributed by atoms with Crippen molar-refractivity contribution in [2.24, 2.45) is 11.8 Å². The van der Waals surface area contributed by atoms with Gasteiger partial charge in [-0.05, 0) is 67.9 Å². The molecule has 0 N–H and O–H groups in total. The predicted octanol–water partition coefficient (Wildman–Crippen LogP) is 6.24. The van der Waals surface area contributed by atoms with Crippen molar-refractivity contribution in [3.63, 3.8) is 0 Å². The first-order valence-corrected chi connectivity index (χ1v) is 9.46. The summed E-state index contributed by atoms with van der Waals surface area (Å²) in [6.07, 6.45) is 16.8. The van der Waals surface area contributed by atoms with Crippen LogP contribution in [0.15, 0.2) is 36.4 Å². The van der Waals surface area contributed by atoms with E-state index in [1.165, 1.54) is 75.3 Å². The minimum Gasteiger partial charge on any atom is -0.193 e. The van der Waals surface area contributed by atoms with Crippen LogP contribution in [0.25, 0.3) is 0 Å². The molecule has 1 aromatic carbocycles. The lowest BCUT2D eigenvalue weighted by atomic mass is 9.79. The van der Waals surface area contributed by atoms with E-state index in [9.17, 15) is 0 Å². The van der Waals surface area contributed by atoms with Crippen molar-refractivity contribution < 1.29 is 0 Å². The Labute approximate surface area is 142 Å². The van der Waals surface area contributed by atoms with Gasteiger partial charge in [-0.1, -0.05) is 56.5 Å². The van der Waals surface area contributed by atoms with Crippen molar-refractivity contribution in [1.82, 2.24) is 0 Å². The lowest BCUT2D eigenvalue weighted by molar-refractivity contribution is 0.289. The van der Waals surface area contributed by atoms with Crippen LogP contribution >= 0.6 is 0 Å². The summed E-state index contributed by atoms with van der Waals surface area (Å²) in [5.41, 5.74) is 2.97. The number of unbranched alkanes of at least 4 members (excludes halogenated alkanes) is 1. The second-order valence-electron chi connectivity index (χ2n) is 7.08. The maximum Gasteiger partial charge on any atom is 0.0908 e. The molecule has 1 aromatic rings. The van der Waals surface area contributed by atoms with E-state index in [-0.39, 0.29) is 0 Å². The van der Waals surface area contributed by atoms with Crippen molar-refractivity contribution >= 4 is 0 Å². The Kier molecular flexibility index (Phi) is 7.95. The number of allylic oxidation sites excluding steroid dienone is 2. The Hall–Kier alpha value is -1.55. The average Bonchev–Trinajstić information content (AvgIpc) is 2.59.